The molecule has 0 spiro atoms. The molecule has 0 saturated carbocycles. The molecule has 0 aliphatic carbocycles. The van der Waals surface area contributed by atoms with Crippen LogP contribution >= 0.6 is 0 Å². The number of hydrogen-bond acceptors (Lipinski definition) is 2. The third-order valence-electron chi connectivity index (χ3n) is 21.5. The van der Waals surface area contributed by atoms with Gasteiger partial charge in [0, 0.05) is 34.1 Å². The predicted octanol–water partition coefficient (Wildman–Crippen LogP) is 20.4. The molecule has 0 amide bonds. The fraction of sp³-hybridized carbons (Fsp3) is 0.0435. The van der Waals surface area contributed by atoms with Gasteiger partial charge in [0.2, 0.25) is 13.4 Å². The van der Waals surface area contributed by atoms with Crippen molar-refractivity contribution in [3.63, 3.8) is 0 Å². The van der Waals surface area contributed by atoms with Gasteiger partial charge >= 0.3 is 0 Å². The van der Waals surface area contributed by atoms with Crippen molar-refractivity contribution in [1.29, 1.82) is 0 Å². The van der Waals surface area contributed by atoms with E-state index in [-0.39, 0.29) is 13.4 Å². The summed E-state index contributed by atoms with van der Waals surface area (Å²) in [7, 11) is 0. The lowest BCUT2D eigenvalue weighted by Gasteiger charge is -2.43. The first-order valence-corrected chi connectivity index (χ1v) is 33.9. The van der Waals surface area contributed by atoms with Crippen LogP contribution in [0.4, 0.5) is 34.1 Å². The van der Waals surface area contributed by atoms with E-state index < -0.39 is 0 Å². The Bertz CT molecular complexity index is 5450. The molecule has 0 bridgehead atoms. The number of anilines is 6. The number of rotatable bonds is 8. The van der Waals surface area contributed by atoms with Gasteiger partial charge < -0.3 is 9.80 Å². The van der Waals surface area contributed by atoms with Crippen molar-refractivity contribution in [2.24, 2.45) is 0 Å². The maximum atomic E-state index is 2.72. The zero-order valence-electron chi connectivity index (χ0n) is 53.9. The summed E-state index contributed by atoms with van der Waals surface area (Å²) in [4.78, 5) is 5.14. The summed E-state index contributed by atoms with van der Waals surface area (Å²) in [5, 5.41) is 7.87. The van der Waals surface area contributed by atoms with E-state index in [4.69, 9.17) is 0 Å². The SMILES string of the molecule is Cc1ccc2c(c1)N(c1ccccc1)c1cc(C)cc3c1B2c1cc2c(-c4c(-c5ccccc5)cccc4-c4ccccc4)cc4c5c(cc6c(-c7c(-c8ccccc8)cccc7-c7ccccc7)cc-3c1c6c25)B1c2ccc(C)cc2N(c2ccccc2)c2cc(C)cc-4c21. The number of nitrogens with zero attached hydrogens (tertiary/aromatic N) is 2. The second kappa shape index (κ2) is 20.9. The van der Waals surface area contributed by atoms with Crippen LogP contribution in [0, 0.1) is 27.7 Å². The molecule has 4 heterocycles. The quantitative estimate of drug-likeness (QED) is 0.111. The minimum atomic E-state index is -0.103. The Morgan fingerprint density at radius 3 is 0.885 bits per heavy atom. The van der Waals surface area contributed by atoms with Crippen molar-refractivity contribution in [3.8, 4) is 89.0 Å². The first kappa shape index (κ1) is 54.8. The molecule has 0 unspecified atom stereocenters. The first-order chi connectivity index (χ1) is 47.3. The van der Waals surface area contributed by atoms with Gasteiger partial charge in [-0.2, -0.15) is 0 Å². The minimum Gasteiger partial charge on any atom is -0.311 e. The van der Waals surface area contributed by atoms with E-state index in [1.54, 1.807) is 0 Å². The average molecular weight is 1220 g/mol. The number of aryl methyl sites for hydroxylation is 4. The number of hydrogen-bond donors (Lipinski definition) is 0. The van der Waals surface area contributed by atoms with Crippen LogP contribution in [0.15, 0.2) is 303 Å². The maximum Gasteiger partial charge on any atom is 0.248 e. The van der Waals surface area contributed by atoms with Gasteiger partial charge in [0.1, 0.15) is 0 Å². The smallest absolute Gasteiger partial charge is 0.248 e. The molecular weight excluding hydrogens is 1150 g/mol. The Morgan fingerprint density at radius 1 is 0.219 bits per heavy atom. The summed E-state index contributed by atoms with van der Waals surface area (Å²) in [6.45, 7) is 8.93. The van der Waals surface area contributed by atoms with E-state index in [0.717, 1.165) is 11.4 Å². The van der Waals surface area contributed by atoms with Crippen LogP contribution < -0.4 is 42.6 Å². The zero-order valence-corrected chi connectivity index (χ0v) is 53.9. The number of para-hydroxylation sites is 2. The zero-order chi connectivity index (χ0) is 63.6. The van der Waals surface area contributed by atoms with E-state index in [0.29, 0.717) is 0 Å². The predicted molar refractivity (Wildman–Crippen MR) is 411 cm³/mol. The monoisotopic (exact) mass is 1220 g/mol. The van der Waals surface area contributed by atoms with Crippen LogP contribution in [0.5, 0.6) is 0 Å². The molecule has 20 rings (SSSR count). The number of benzene rings is 16. The van der Waals surface area contributed by atoms with E-state index in [1.165, 1.54) is 199 Å². The van der Waals surface area contributed by atoms with Gasteiger partial charge in [0.15, 0.2) is 0 Å². The molecule has 0 atom stereocenters. The molecule has 2 nitrogen and oxygen atoms in total. The average Bonchev–Trinajstić information content (AvgIpc) is 0.664. The topological polar surface area (TPSA) is 6.48 Å². The Balaban J connectivity index is 1.05. The third-order valence-corrected chi connectivity index (χ3v) is 21.5. The molecule has 0 radical (unpaired) electrons. The first-order valence-electron chi connectivity index (χ1n) is 33.9. The summed E-state index contributed by atoms with van der Waals surface area (Å²) in [6, 6.07) is 116. The van der Waals surface area contributed by atoms with E-state index >= 15 is 0 Å². The summed E-state index contributed by atoms with van der Waals surface area (Å²) in [5.74, 6) is 0. The van der Waals surface area contributed by atoms with Gasteiger partial charge in [-0.05, 0) is 254 Å². The Morgan fingerprint density at radius 2 is 0.542 bits per heavy atom. The molecule has 4 aliphatic rings. The van der Waals surface area contributed by atoms with Gasteiger partial charge in [-0.15, -0.1) is 0 Å². The van der Waals surface area contributed by atoms with Gasteiger partial charge in [-0.3, -0.25) is 0 Å². The lowest BCUT2D eigenvalue weighted by atomic mass is 9.31. The summed E-state index contributed by atoms with van der Waals surface area (Å²) in [6.07, 6.45) is 0. The largest absolute Gasteiger partial charge is 0.311 e. The lowest BCUT2D eigenvalue weighted by molar-refractivity contribution is 1.27. The number of fused-ring (bicyclic) bond motifs is 8. The second-order valence-corrected chi connectivity index (χ2v) is 27.2. The molecule has 0 N–H and O–H groups in total. The maximum absolute atomic E-state index is 2.72. The molecular formula is C92H62B2N2. The van der Waals surface area contributed by atoms with Crippen LogP contribution in [-0.2, 0) is 0 Å². The van der Waals surface area contributed by atoms with Crippen LogP contribution in [0.3, 0.4) is 0 Å². The molecule has 4 aliphatic heterocycles. The van der Waals surface area contributed by atoms with Gasteiger partial charge in [0.25, 0.3) is 0 Å². The van der Waals surface area contributed by atoms with Gasteiger partial charge in [-0.25, -0.2) is 0 Å². The van der Waals surface area contributed by atoms with Crippen molar-refractivity contribution < 1.29 is 0 Å². The lowest BCUT2D eigenvalue weighted by Crippen LogP contribution is -2.60. The fourth-order valence-electron chi connectivity index (χ4n) is 17.8. The summed E-state index contributed by atoms with van der Waals surface area (Å²) in [5.41, 5.74) is 39.8. The Kier molecular flexibility index (Phi) is 11.9. The van der Waals surface area contributed by atoms with Crippen LogP contribution in [0.25, 0.3) is 121 Å². The third kappa shape index (κ3) is 7.90. The van der Waals surface area contributed by atoms with Crippen LogP contribution in [0.1, 0.15) is 22.3 Å². The van der Waals surface area contributed by atoms with E-state index in [1.807, 2.05) is 0 Å². The Hall–Kier alpha value is -11.7. The molecule has 16 aromatic carbocycles. The summed E-state index contributed by atoms with van der Waals surface area (Å²) < 4.78 is 0. The molecule has 446 valence electrons. The molecule has 0 fully saturated rings. The van der Waals surface area contributed by atoms with Crippen molar-refractivity contribution in [2.45, 2.75) is 27.7 Å². The van der Waals surface area contributed by atoms with Gasteiger partial charge in [-0.1, -0.05) is 254 Å². The standard InChI is InChI=1S/C92H62B2N2/c1-55-41-43-77-81(47-55)95(63-33-19-9-20-34-63)83-49-57(3)45-75-71-51-70(86-67(61-29-15-7-16-30-61)39-24-40-68(86)62-31-17-8-18-32-62)74-54-80-88-72(76-46-58(4)50-84-92(76)94(80)78-44-42-56(2)48-82(78)96(84)64-35-21-10-22-36-64)52-69(73-53-79(93(77)91(75)83)87(71)89(74)90(73)88)85-65(59-25-11-5-12-26-59)37-23-38-66(85)60-27-13-6-14-28-60/h5-54H,1-4H3. The van der Waals surface area contributed by atoms with E-state index in [2.05, 4.69) is 341 Å². The molecule has 0 saturated heterocycles. The highest BCUT2D eigenvalue weighted by molar-refractivity contribution is 7.02. The summed E-state index contributed by atoms with van der Waals surface area (Å²) >= 11 is 0. The highest BCUT2D eigenvalue weighted by Gasteiger charge is 2.46. The highest BCUT2D eigenvalue weighted by Crippen LogP contribution is 2.56. The van der Waals surface area contributed by atoms with Crippen molar-refractivity contribution in [3.05, 3.63) is 326 Å². The molecule has 16 aromatic rings. The Labute approximate surface area is 561 Å². The fourth-order valence-corrected chi connectivity index (χ4v) is 17.8. The van der Waals surface area contributed by atoms with E-state index in [9.17, 15) is 0 Å². The van der Waals surface area contributed by atoms with Gasteiger partial charge in [0.05, 0.1) is 0 Å². The minimum absolute atomic E-state index is 0.103. The molecule has 4 heteroatoms. The normalized spacial score (nSPS) is 12.9. The molecule has 0 aromatic heterocycles. The second-order valence-electron chi connectivity index (χ2n) is 27.2. The van der Waals surface area contributed by atoms with Crippen molar-refractivity contribution >= 4 is 113 Å². The van der Waals surface area contributed by atoms with Crippen LogP contribution in [0.2, 0.25) is 0 Å². The van der Waals surface area contributed by atoms with Crippen molar-refractivity contribution in [2.75, 3.05) is 9.80 Å². The molecule has 96 heavy (non-hydrogen) atoms. The van der Waals surface area contributed by atoms with Crippen molar-refractivity contribution in [1.82, 2.24) is 0 Å². The highest BCUT2D eigenvalue weighted by atomic mass is 15.2. The van der Waals surface area contributed by atoms with Crippen LogP contribution in [-0.4, -0.2) is 13.4 Å².